The van der Waals surface area contributed by atoms with E-state index >= 15 is 0 Å². The van der Waals surface area contributed by atoms with Crippen molar-refractivity contribution in [3.05, 3.63) is 0 Å². The second kappa shape index (κ2) is 18.9. The van der Waals surface area contributed by atoms with Crippen LogP contribution in [0.4, 0.5) is 0 Å². The quantitative estimate of drug-likeness (QED) is 0.437. The van der Waals surface area contributed by atoms with E-state index in [1.165, 1.54) is 6.92 Å². The van der Waals surface area contributed by atoms with Crippen LogP contribution in [0.5, 0.6) is 0 Å². The molecule has 0 bridgehead atoms. The van der Waals surface area contributed by atoms with Crippen molar-refractivity contribution in [2.75, 3.05) is 13.1 Å². The highest BCUT2D eigenvalue weighted by Crippen LogP contribution is 2.04. The largest absolute Gasteiger partial charge is 0.347 e. The molecule has 0 heterocycles. The van der Waals surface area contributed by atoms with Gasteiger partial charge in [-0.1, -0.05) is 41.5 Å². The highest BCUT2D eigenvalue weighted by atomic mass is 16.2. The lowest BCUT2D eigenvalue weighted by molar-refractivity contribution is -0.131. The fourth-order valence-corrected chi connectivity index (χ4v) is 1.67. The smallest absolute Gasteiger partial charge is 0.242 e. The summed E-state index contributed by atoms with van der Waals surface area (Å²) in [4.78, 5) is 34.9. The molecule has 0 rings (SSSR count). The number of amides is 2. The number of hydrogen-bond acceptors (Lipinski definition) is 5. The SMILES string of the molecule is CC.CC.CC(=O)CNC(=O)C(CCCCN)NC(=O)C(N)C(C)C. The molecule has 6 N–H and O–H groups in total. The number of unbranched alkanes of at least 4 members (excludes halogenated alkanes) is 1. The number of Topliss-reactive ketones (excluding diaryl/α,β-unsaturated/α-hetero) is 1. The molecule has 2 atom stereocenters. The predicted molar refractivity (Wildman–Crippen MR) is 104 cm³/mol. The van der Waals surface area contributed by atoms with Gasteiger partial charge in [0.05, 0.1) is 12.6 Å². The number of nitrogens with one attached hydrogen (secondary N) is 2. The maximum Gasteiger partial charge on any atom is 0.242 e. The first-order valence-corrected chi connectivity index (χ1v) is 9.32. The molecule has 0 aliphatic rings. The van der Waals surface area contributed by atoms with Gasteiger partial charge in [0.25, 0.3) is 0 Å². The Hall–Kier alpha value is -1.47. The van der Waals surface area contributed by atoms with Crippen LogP contribution in [0.3, 0.4) is 0 Å². The Bertz CT molecular complexity index is 360. The summed E-state index contributed by atoms with van der Waals surface area (Å²) >= 11 is 0. The summed E-state index contributed by atoms with van der Waals surface area (Å²) in [6.45, 7) is 13.5. The maximum atomic E-state index is 12.0. The van der Waals surface area contributed by atoms with Crippen LogP contribution in [0, 0.1) is 5.92 Å². The van der Waals surface area contributed by atoms with Gasteiger partial charge < -0.3 is 22.1 Å². The van der Waals surface area contributed by atoms with Crippen LogP contribution in [-0.4, -0.2) is 42.8 Å². The van der Waals surface area contributed by atoms with Crippen LogP contribution in [0.15, 0.2) is 0 Å². The van der Waals surface area contributed by atoms with Crippen LogP contribution in [0.25, 0.3) is 0 Å². The summed E-state index contributed by atoms with van der Waals surface area (Å²) in [5.74, 6) is -0.892. The third-order valence-corrected chi connectivity index (χ3v) is 3.11. The Kier molecular flexibility index (Phi) is 21.4. The Balaban J connectivity index is -0.00000112. The number of carbonyl (C=O) groups is 3. The molecular formula is C18H40N4O3. The molecule has 0 aromatic heterocycles. The van der Waals surface area contributed by atoms with E-state index in [2.05, 4.69) is 10.6 Å². The minimum absolute atomic E-state index is 0.0185. The van der Waals surface area contributed by atoms with Crippen LogP contribution in [0.2, 0.25) is 0 Å². The number of carbonyl (C=O) groups excluding carboxylic acids is 3. The molecule has 0 aliphatic heterocycles. The van der Waals surface area contributed by atoms with Crippen molar-refractivity contribution in [2.45, 2.75) is 79.8 Å². The van der Waals surface area contributed by atoms with E-state index < -0.39 is 12.1 Å². The van der Waals surface area contributed by atoms with Gasteiger partial charge in [0.1, 0.15) is 11.8 Å². The van der Waals surface area contributed by atoms with Gasteiger partial charge in [-0.2, -0.15) is 0 Å². The lowest BCUT2D eigenvalue weighted by Crippen LogP contribution is -2.53. The number of hydrogen-bond donors (Lipinski definition) is 4. The first kappa shape index (κ1) is 28.3. The van der Waals surface area contributed by atoms with Crippen molar-refractivity contribution < 1.29 is 14.4 Å². The van der Waals surface area contributed by atoms with E-state index in [0.29, 0.717) is 19.4 Å². The standard InChI is InChI=1S/C14H28N4O3.2C2H6/c1-9(2)12(16)14(21)18-11(6-4-5-7-15)13(20)17-8-10(3)19;2*1-2/h9,11-12H,4-8,15-16H2,1-3H3,(H,17,20)(H,18,21);2*1-2H3. The molecular weight excluding hydrogens is 320 g/mol. The monoisotopic (exact) mass is 360 g/mol. The molecule has 0 saturated carbocycles. The molecule has 0 spiro atoms. The molecule has 0 aliphatic carbocycles. The van der Waals surface area contributed by atoms with Crippen molar-refractivity contribution in [1.82, 2.24) is 10.6 Å². The van der Waals surface area contributed by atoms with Gasteiger partial charge in [0.2, 0.25) is 11.8 Å². The lowest BCUT2D eigenvalue weighted by Gasteiger charge is -2.22. The molecule has 0 saturated heterocycles. The van der Waals surface area contributed by atoms with Gasteiger partial charge >= 0.3 is 0 Å². The van der Waals surface area contributed by atoms with Crippen molar-refractivity contribution in [3.8, 4) is 0 Å². The Morgan fingerprint density at radius 3 is 1.88 bits per heavy atom. The molecule has 2 unspecified atom stereocenters. The fourth-order valence-electron chi connectivity index (χ4n) is 1.67. The zero-order chi connectivity index (χ0) is 20.4. The van der Waals surface area contributed by atoms with Crippen molar-refractivity contribution in [3.63, 3.8) is 0 Å². The van der Waals surface area contributed by atoms with Crippen LogP contribution in [-0.2, 0) is 14.4 Å². The second-order valence-electron chi connectivity index (χ2n) is 5.54. The Morgan fingerprint density at radius 1 is 0.960 bits per heavy atom. The number of ketones is 1. The van der Waals surface area contributed by atoms with Crippen molar-refractivity contribution >= 4 is 17.6 Å². The lowest BCUT2D eigenvalue weighted by atomic mass is 10.0. The molecule has 0 fully saturated rings. The zero-order valence-corrected chi connectivity index (χ0v) is 17.1. The average Bonchev–Trinajstić information content (AvgIpc) is 2.61. The van der Waals surface area contributed by atoms with E-state index in [0.717, 1.165) is 6.42 Å². The van der Waals surface area contributed by atoms with Crippen LogP contribution < -0.4 is 22.1 Å². The second-order valence-corrected chi connectivity index (χ2v) is 5.54. The number of nitrogens with two attached hydrogens (primary N) is 2. The molecule has 0 aromatic rings. The Labute approximate surface area is 153 Å². The fraction of sp³-hybridized carbons (Fsp3) is 0.833. The van der Waals surface area contributed by atoms with Gasteiger partial charge in [-0.3, -0.25) is 14.4 Å². The van der Waals surface area contributed by atoms with E-state index in [-0.39, 0.29) is 30.1 Å². The molecule has 0 aromatic carbocycles. The van der Waals surface area contributed by atoms with Gasteiger partial charge in [-0.15, -0.1) is 0 Å². The normalized spacial score (nSPS) is 11.9. The van der Waals surface area contributed by atoms with Crippen LogP contribution in [0.1, 0.15) is 67.7 Å². The van der Waals surface area contributed by atoms with Crippen molar-refractivity contribution in [1.29, 1.82) is 0 Å². The van der Waals surface area contributed by atoms with Crippen molar-refractivity contribution in [2.24, 2.45) is 17.4 Å². The average molecular weight is 361 g/mol. The molecule has 25 heavy (non-hydrogen) atoms. The highest BCUT2D eigenvalue weighted by Gasteiger charge is 2.24. The first-order chi connectivity index (χ1) is 11.8. The molecule has 2 amide bonds. The molecule has 7 nitrogen and oxygen atoms in total. The first-order valence-electron chi connectivity index (χ1n) is 9.32. The summed E-state index contributed by atoms with van der Waals surface area (Å²) in [5.41, 5.74) is 11.2. The third kappa shape index (κ3) is 15.8. The van der Waals surface area contributed by atoms with Gasteiger partial charge in [0.15, 0.2) is 0 Å². The van der Waals surface area contributed by atoms with E-state index in [1.807, 2.05) is 41.5 Å². The molecule has 0 radical (unpaired) electrons. The summed E-state index contributed by atoms with van der Waals surface area (Å²) in [6, 6.07) is -1.35. The summed E-state index contributed by atoms with van der Waals surface area (Å²) in [7, 11) is 0. The highest BCUT2D eigenvalue weighted by molar-refractivity contribution is 5.91. The molecule has 150 valence electrons. The van der Waals surface area contributed by atoms with E-state index in [4.69, 9.17) is 11.5 Å². The number of rotatable bonds is 10. The summed E-state index contributed by atoms with van der Waals surface area (Å²) < 4.78 is 0. The van der Waals surface area contributed by atoms with E-state index in [9.17, 15) is 14.4 Å². The topological polar surface area (TPSA) is 127 Å². The van der Waals surface area contributed by atoms with E-state index in [1.54, 1.807) is 0 Å². The van der Waals surface area contributed by atoms with Gasteiger partial charge in [0, 0.05) is 0 Å². The minimum Gasteiger partial charge on any atom is -0.347 e. The summed E-state index contributed by atoms with van der Waals surface area (Å²) in [5, 5.41) is 5.16. The maximum absolute atomic E-state index is 12.0. The zero-order valence-electron chi connectivity index (χ0n) is 17.1. The third-order valence-electron chi connectivity index (χ3n) is 3.11. The predicted octanol–water partition coefficient (Wildman–Crippen LogP) is 1.34. The molecule has 7 heteroatoms. The van der Waals surface area contributed by atoms with Gasteiger partial charge in [-0.25, -0.2) is 0 Å². The minimum atomic E-state index is -0.687. The van der Waals surface area contributed by atoms with Gasteiger partial charge in [-0.05, 0) is 38.6 Å². The Morgan fingerprint density at radius 2 is 1.48 bits per heavy atom. The van der Waals surface area contributed by atoms with Crippen LogP contribution >= 0.6 is 0 Å². The summed E-state index contributed by atoms with van der Waals surface area (Å²) in [6.07, 6.45) is 1.95.